The lowest BCUT2D eigenvalue weighted by atomic mass is 10.0. The van der Waals surface area contributed by atoms with Crippen molar-refractivity contribution in [1.29, 1.82) is 5.26 Å². The van der Waals surface area contributed by atoms with Gasteiger partial charge in [0.25, 0.3) is 0 Å². The minimum Gasteiger partial charge on any atom is -0.506 e. The molecule has 0 radical (unpaired) electrons. The number of rotatable bonds is 2. The summed E-state index contributed by atoms with van der Waals surface area (Å²) < 4.78 is 36.5. The highest BCUT2D eigenvalue weighted by molar-refractivity contribution is 7.90. The number of hydrogen-bond donors (Lipinski definition) is 1. The molecule has 2 rings (SSSR count). The molecule has 102 valence electrons. The second kappa shape index (κ2) is 4.94. The summed E-state index contributed by atoms with van der Waals surface area (Å²) >= 11 is 0. The molecule has 0 aliphatic rings. The molecule has 0 spiro atoms. The molecule has 0 amide bonds. The van der Waals surface area contributed by atoms with Crippen molar-refractivity contribution in [2.75, 3.05) is 6.26 Å². The van der Waals surface area contributed by atoms with Crippen LogP contribution in [0.1, 0.15) is 5.56 Å². The Bertz CT molecular complexity index is 823. The van der Waals surface area contributed by atoms with Crippen LogP contribution in [0, 0.1) is 17.1 Å². The molecular formula is C14H10FNO3S. The molecule has 0 atom stereocenters. The van der Waals surface area contributed by atoms with Crippen molar-refractivity contribution in [3.63, 3.8) is 0 Å². The van der Waals surface area contributed by atoms with E-state index in [1.165, 1.54) is 24.3 Å². The van der Waals surface area contributed by atoms with Crippen molar-refractivity contribution in [1.82, 2.24) is 0 Å². The Labute approximate surface area is 115 Å². The van der Waals surface area contributed by atoms with E-state index >= 15 is 0 Å². The van der Waals surface area contributed by atoms with Gasteiger partial charge in [0, 0.05) is 11.8 Å². The number of nitriles is 1. The SMILES string of the molecule is CS(=O)(=O)c1cc(C#N)cc(-c2cccc(F)c2)c1O. The van der Waals surface area contributed by atoms with Gasteiger partial charge in [0.05, 0.1) is 11.6 Å². The van der Waals surface area contributed by atoms with Gasteiger partial charge in [-0.2, -0.15) is 5.26 Å². The zero-order chi connectivity index (χ0) is 14.9. The summed E-state index contributed by atoms with van der Waals surface area (Å²) in [6.07, 6.45) is 0.929. The van der Waals surface area contributed by atoms with Gasteiger partial charge in [-0.15, -0.1) is 0 Å². The van der Waals surface area contributed by atoms with E-state index in [1.807, 2.05) is 6.07 Å². The number of phenols is 1. The van der Waals surface area contributed by atoms with Crippen LogP contribution in [0.25, 0.3) is 11.1 Å². The average molecular weight is 291 g/mol. The minimum atomic E-state index is -3.70. The van der Waals surface area contributed by atoms with Gasteiger partial charge in [-0.3, -0.25) is 0 Å². The van der Waals surface area contributed by atoms with Gasteiger partial charge in [0.2, 0.25) is 0 Å². The summed E-state index contributed by atoms with van der Waals surface area (Å²) in [4.78, 5) is -0.351. The summed E-state index contributed by atoms with van der Waals surface area (Å²) in [6, 6.07) is 9.57. The van der Waals surface area contributed by atoms with Crippen LogP contribution in [0.15, 0.2) is 41.3 Å². The highest BCUT2D eigenvalue weighted by Gasteiger charge is 2.19. The normalized spacial score (nSPS) is 11.1. The standard InChI is InChI=1S/C14H10FNO3S/c1-20(18,19)13-6-9(8-16)5-12(14(13)17)10-3-2-4-11(15)7-10/h2-7,17H,1H3. The molecule has 0 fully saturated rings. The number of aromatic hydroxyl groups is 1. The highest BCUT2D eigenvalue weighted by Crippen LogP contribution is 2.36. The first-order valence-electron chi connectivity index (χ1n) is 5.56. The van der Waals surface area contributed by atoms with Crippen molar-refractivity contribution < 1.29 is 17.9 Å². The third-order valence-corrected chi connectivity index (χ3v) is 3.85. The van der Waals surface area contributed by atoms with Crippen LogP contribution in [0.5, 0.6) is 5.75 Å². The zero-order valence-corrected chi connectivity index (χ0v) is 11.3. The number of halogens is 1. The largest absolute Gasteiger partial charge is 0.506 e. The molecule has 0 bridgehead atoms. The van der Waals surface area contributed by atoms with Crippen LogP contribution in [0.2, 0.25) is 0 Å². The average Bonchev–Trinajstić information content (AvgIpc) is 2.37. The molecule has 2 aromatic rings. The first kappa shape index (κ1) is 14.0. The number of phenolic OH excluding ortho intramolecular Hbond substituents is 1. The molecule has 0 saturated heterocycles. The number of nitrogens with zero attached hydrogens (tertiary/aromatic N) is 1. The molecule has 0 saturated carbocycles. The van der Waals surface area contributed by atoms with Crippen LogP contribution in [-0.2, 0) is 9.84 Å². The Hall–Kier alpha value is -2.39. The van der Waals surface area contributed by atoms with Gasteiger partial charge in [-0.25, -0.2) is 12.8 Å². The fraction of sp³-hybridized carbons (Fsp3) is 0.0714. The fourth-order valence-corrected chi connectivity index (χ4v) is 2.63. The first-order chi connectivity index (χ1) is 9.32. The van der Waals surface area contributed by atoms with E-state index < -0.39 is 21.4 Å². The molecule has 20 heavy (non-hydrogen) atoms. The van der Waals surface area contributed by atoms with Gasteiger partial charge in [-0.1, -0.05) is 12.1 Å². The van der Waals surface area contributed by atoms with E-state index in [9.17, 15) is 17.9 Å². The molecule has 2 aromatic carbocycles. The molecule has 0 aliphatic carbocycles. The third-order valence-electron chi connectivity index (χ3n) is 2.74. The van der Waals surface area contributed by atoms with Crippen LogP contribution in [-0.4, -0.2) is 19.8 Å². The van der Waals surface area contributed by atoms with Crippen LogP contribution >= 0.6 is 0 Å². The number of benzene rings is 2. The maximum atomic E-state index is 13.2. The summed E-state index contributed by atoms with van der Waals surface area (Å²) in [5.41, 5.74) is 0.468. The summed E-state index contributed by atoms with van der Waals surface area (Å²) in [7, 11) is -3.70. The molecule has 4 nitrogen and oxygen atoms in total. The maximum Gasteiger partial charge on any atom is 0.179 e. The van der Waals surface area contributed by atoms with E-state index in [2.05, 4.69) is 0 Å². The van der Waals surface area contributed by atoms with Gasteiger partial charge in [-0.05, 0) is 29.8 Å². The van der Waals surface area contributed by atoms with E-state index in [-0.39, 0.29) is 16.0 Å². The Kier molecular flexibility index (Phi) is 3.47. The monoisotopic (exact) mass is 291 g/mol. The lowest BCUT2D eigenvalue weighted by molar-refractivity contribution is 0.461. The molecule has 0 aliphatic heterocycles. The lowest BCUT2D eigenvalue weighted by Crippen LogP contribution is -1.99. The second-order valence-electron chi connectivity index (χ2n) is 4.26. The Morgan fingerprint density at radius 2 is 1.95 bits per heavy atom. The van der Waals surface area contributed by atoms with Crippen LogP contribution < -0.4 is 0 Å². The maximum absolute atomic E-state index is 13.2. The number of sulfone groups is 1. The quantitative estimate of drug-likeness (QED) is 0.922. The molecular weight excluding hydrogens is 281 g/mol. The highest BCUT2D eigenvalue weighted by atomic mass is 32.2. The van der Waals surface area contributed by atoms with E-state index in [4.69, 9.17) is 5.26 Å². The van der Waals surface area contributed by atoms with E-state index in [1.54, 1.807) is 0 Å². The molecule has 0 aromatic heterocycles. The first-order valence-corrected chi connectivity index (χ1v) is 7.45. The van der Waals surface area contributed by atoms with Crippen molar-refractivity contribution >= 4 is 9.84 Å². The predicted molar refractivity (Wildman–Crippen MR) is 71.3 cm³/mol. The molecule has 0 heterocycles. The molecule has 6 heteroatoms. The Balaban J connectivity index is 2.81. The third kappa shape index (κ3) is 2.63. The number of hydrogen-bond acceptors (Lipinski definition) is 4. The van der Waals surface area contributed by atoms with E-state index in [0.29, 0.717) is 5.56 Å². The minimum absolute atomic E-state index is 0.0717. The predicted octanol–water partition coefficient (Wildman–Crippen LogP) is 2.47. The van der Waals surface area contributed by atoms with Gasteiger partial charge >= 0.3 is 0 Å². The van der Waals surface area contributed by atoms with Gasteiger partial charge < -0.3 is 5.11 Å². The van der Waals surface area contributed by atoms with Gasteiger partial charge in [0.1, 0.15) is 16.5 Å². The summed E-state index contributed by atoms with van der Waals surface area (Å²) in [5.74, 6) is -1.01. The Morgan fingerprint density at radius 3 is 2.50 bits per heavy atom. The second-order valence-corrected chi connectivity index (χ2v) is 6.25. The topological polar surface area (TPSA) is 78.2 Å². The summed E-state index contributed by atoms with van der Waals surface area (Å²) in [5, 5.41) is 19.0. The smallest absolute Gasteiger partial charge is 0.179 e. The van der Waals surface area contributed by atoms with Crippen molar-refractivity contribution in [3.05, 3.63) is 47.8 Å². The van der Waals surface area contributed by atoms with Crippen LogP contribution in [0.3, 0.4) is 0 Å². The lowest BCUT2D eigenvalue weighted by Gasteiger charge is -2.10. The Morgan fingerprint density at radius 1 is 1.25 bits per heavy atom. The van der Waals surface area contributed by atoms with Crippen molar-refractivity contribution in [2.24, 2.45) is 0 Å². The fourth-order valence-electron chi connectivity index (χ4n) is 1.83. The van der Waals surface area contributed by atoms with Crippen molar-refractivity contribution in [2.45, 2.75) is 4.90 Å². The van der Waals surface area contributed by atoms with Crippen molar-refractivity contribution in [3.8, 4) is 22.9 Å². The zero-order valence-electron chi connectivity index (χ0n) is 10.5. The molecule has 0 unspecified atom stereocenters. The van der Waals surface area contributed by atoms with Gasteiger partial charge in [0.15, 0.2) is 9.84 Å². The molecule has 1 N–H and O–H groups in total. The van der Waals surface area contributed by atoms with E-state index in [0.717, 1.165) is 18.4 Å². The van der Waals surface area contributed by atoms with Crippen LogP contribution in [0.4, 0.5) is 4.39 Å². The summed E-state index contributed by atoms with van der Waals surface area (Å²) in [6.45, 7) is 0.